The molecular weight excluding hydrogens is 309 g/mol. The molecule has 1 saturated heterocycles. The van der Waals surface area contributed by atoms with Gasteiger partial charge < -0.3 is 15.8 Å². The molecule has 3 N–H and O–H groups in total. The minimum Gasteiger partial charge on any atom is -0.381 e. The van der Waals surface area contributed by atoms with Crippen molar-refractivity contribution in [1.82, 2.24) is 0 Å². The van der Waals surface area contributed by atoms with Crippen LogP contribution < -0.4 is 11.1 Å². The summed E-state index contributed by atoms with van der Waals surface area (Å²) in [5, 5.41) is 2.29. The third-order valence-corrected chi connectivity index (χ3v) is 3.69. The minimum absolute atomic E-state index is 0.103. The predicted molar refractivity (Wildman–Crippen MR) is 72.1 cm³/mol. The smallest absolute Gasteiger partial charge is 0.381 e. The average molecular weight is 323 g/mol. The van der Waals surface area contributed by atoms with Gasteiger partial charge in [0.15, 0.2) is 0 Å². The molecule has 1 aliphatic rings. The number of benzene rings is 1. The average Bonchev–Trinajstić information content (AvgIpc) is 2.40. The second-order valence-electron chi connectivity index (χ2n) is 4.92. The fourth-order valence-corrected chi connectivity index (χ4v) is 2.23. The van der Waals surface area contributed by atoms with Gasteiger partial charge in [-0.15, -0.1) is 0 Å². The first-order valence-electron chi connectivity index (χ1n) is 6.27. The topological polar surface area (TPSA) is 64.4 Å². The third-order valence-electron chi connectivity index (χ3n) is 3.38. The Hall–Kier alpha value is -1.31. The quantitative estimate of drug-likeness (QED) is 0.880. The number of alkyl halides is 3. The van der Waals surface area contributed by atoms with Crippen LogP contribution in [0.3, 0.4) is 0 Å². The summed E-state index contributed by atoms with van der Waals surface area (Å²) < 4.78 is 42.7. The summed E-state index contributed by atoms with van der Waals surface area (Å²) in [6.45, 7) is 0.731. The van der Waals surface area contributed by atoms with Crippen LogP contribution in [0.2, 0.25) is 5.02 Å². The van der Waals surface area contributed by atoms with Gasteiger partial charge in [-0.1, -0.05) is 11.6 Å². The Kier molecular flexibility index (Phi) is 4.46. The zero-order valence-electron chi connectivity index (χ0n) is 11.0. The fraction of sp³-hybridized carbons (Fsp3) is 0.462. The molecule has 116 valence electrons. The molecule has 1 amide bonds. The van der Waals surface area contributed by atoms with Crippen molar-refractivity contribution in [2.75, 3.05) is 18.5 Å². The summed E-state index contributed by atoms with van der Waals surface area (Å²) in [6.07, 6.45) is -3.80. The van der Waals surface area contributed by atoms with E-state index in [1.165, 1.54) is 0 Å². The van der Waals surface area contributed by atoms with Crippen LogP contribution >= 0.6 is 11.6 Å². The van der Waals surface area contributed by atoms with E-state index in [-0.39, 0.29) is 10.7 Å². The van der Waals surface area contributed by atoms with Crippen molar-refractivity contribution in [3.63, 3.8) is 0 Å². The molecule has 0 spiro atoms. The molecule has 0 unspecified atom stereocenters. The van der Waals surface area contributed by atoms with E-state index in [4.69, 9.17) is 22.1 Å². The molecule has 1 heterocycles. The van der Waals surface area contributed by atoms with Crippen LogP contribution in [0.25, 0.3) is 0 Å². The van der Waals surface area contributed by atoms with Gasteiger partial charge in [-0.2, -0.15) is 13.2 Å². The normalized spacial score (nSPS) is 18.3. The third kappa shape index (κ3) is 3.66. The van der Waals surface area contributed by atoms with Crippen LogP contribution in [0.5, 0.6) is 0 Å². The van der Waals surface area contributed by atoms with Crippen LogP contribution in [0.4, 0.5) is 18.9 Å². The Balaban J connectivity index is 2.14. The first-order valence-corrected chi connectivity index (χ1v) is 6.65. The van der Waals surface area contributed by atoms with Crippen LogP contribution in [-0.2, 0) is 15.7 Å². The Morgan fingerprint density at radius 3 is 2.48 bits per heavy atom. The SMILES string of the molecule is NC1(C(=O)Nc2ccc(C(F)(F)F)cc2Cl)CCOCC1. The lowest BCUT2D eigenvalue weighted by molar-refractivity contribution is -0.137. The molecule has 0 radical (unpaired) electrons. The van der Waals surface area contributed by atoms with Crippen molar-refractivity contribution in [1.29, 1.82) is 0 Å². The van der Waals surface area contributed by atoms with Crippen molar-refractivity contribution in [3.05, 3.63) is 28.8 Å². The molecule has 0 aliphatic carbocycles. The largest absolute Gasteiger partial charge is 0.416 e. The molecule has 2 rings (SSSR count). The van der Waals surface area contributed by atoms with Crippen LogP contribution in [0, 0.1) is 0 Å². The highest BCUT2D eigenvalue weighted by atomic mass is 35.5. The zero-order chi connectivity index (χ0) is 15.7. The van der Waals surface area contributed by atoms with E-state index in [0.717, 1.165) is 18.2 Å². The summed E-state index contributed by atoms with van der Waals surface area (Å²) in [6, 6.07) is 2.74. The Morgan fingerprint density at radius 1 is 1.33 bits per heavy atom. The Bertz CT molecular complexity index is 543. The molecule has 0 aromatic heterocycles. The highest BCUT2D eigenvalue weighted by Crippen LogP contribution is 2.34. The number of halogens is 4. The van der Waals surface area contributed by atoms with Gasteiger partial charge >= 0.3 is 6.18 Å². The molecule has 4 nitrogen and oxygen atoms in total. The van der Waals surface area contributed by atoms with Crippen molar-refractivity contribution in [2.45, 2.75) is 24.6 Å². The van der Waals surface area contributed by atoms with Crippen LogP contribution in [0.1, 0.15) is 18.4 Å². The van der Waals surface area contributed by atoms with E-state index < -0.39 is 23.2 Å². The van der Waals surface area contributed by atoms with Gasteiger partial charge in [0, 0.05) is 13.2 Å². The molecule has 1 fully saturated rings. The predicted octanol–water partition coefficient (Wildman–Crippen LogP) is 2.81. The lowest BCUT2D eigenvalue weighted by Gasteiger charge is -2.31. The Morgan fingerprint density at radius 2 is 1.95 bits per heavy atom. The number of rotatable bonds is 2. The van der Waals surface area contributed by atoms with Crippen molar-refractivity contribution in [3.8, 4) is 0 Å². The minimum atomic E-state index is -4.48. The number of ether oxygens (including phenoxy) is 1. The van der Waals surface area contributed by atoms with Crippen molar-refractivity contribution < 1.29 is 22.7 Å². The maximum atomic E-state index is 12.5. The summed E-state index contributed by atoms with van der Waals surface area (Å²) in [5.74, 6) is -0.479. The Labute approximate surface area is 124 Å². The molecule has 8 heteroatoms. The standard InChI is InChI=1S/C13H14ClF3N2O2/c14-9-7-8(13(15,16)17)1-2-10(9)19-11(20)12(18)3-5-21-6-4-12/h1-2,7H,3-6,18H2,(H,19,20). The van der Waals surface area contributed by atoms with Gasteiger partial charge in [0.1, 0.15) is 5.54 Å². The van der Waals surface area contributed by atoms with E-state index >= 15 is 0 Å². The summed E-state index contributed by atoms with van der Waals surface area (Å²) in [4.78, 5) is 12.2. The molecule has 0 atom stereocenters. The number of nitrogens with one attached hydrogen (secondary N) is 1. The molecular formula is C13H14ClF3N2O2. The monoisotopic (exact) mass is 322 g/mol. The molecule has 1 aliphatic heterocycles. The molecule has 1 aromatic carbocycles. The van der Waals surface area contributed by atoms with Gasteiger partial charge in [0.2, 0.25) is 5.91 Å². The van der Waals surface area contributed by atoms with Crippen LogP contribution in [-0.4, -0.2) is 24.7 Å². The summed E-state index contributed by atoms with van der Waals surface area (Å²) in [7, 11) is 0. The second-order valence-corrected chi connectivity index (χ2v) is 5.32. The molecule has 0 saturated carbocycles. The van der Waals surface area contributed by atoms with Crippen molar-refractivity contribution in [2.24, 2.45) is 5.73 Å². The summed E-state index contributed by atoms with van der Waals surface area (Å²) in [5.41, 5.74) is 4.12. The second kappa shape index (κ2) is 5.82. The van der Waals surface area contributed by atoms with Gasteiger partial charge in [0.05, 0.1) is 16.3 Å². The molecule has 0 bridgehead atoms. The van der Waals surface area contributed by atoms with Crippen LogP contribution in [0.15, 0.2) is 18.2 Å². The van der Waals surface area contributed by atoms with E-state index in [1.54, 1.807) is 0 Å². The van der Waals surface area contributed by atoms with Gasteiger partial charge in [-0.05, 0) is 31.0 Å². The maximum Gasteiger partial charge on any atom is 0.416 e. The lowest BCUT2D eigenvalue weighted by Crippen LogP contribution is -2.54. The van der Waals surface area contributed by atoms with Crippen molar-refractivity contribution >= 4 is 23.2 Å². The van der Waals surface area contributed by atoms with E-state index in [1.807, 2.05) is 0 Å². The lowest BCUT2D eigenvalue weighted by atomic mass is 9.90. The first-order chi connectivity index (χ1) is 9.72. The van der Waals surface area contributed by atoms with Gasteiger partial charge in [-0.25, -0.2) is 0 Å². The maximum absolute atomic E-state index is 12.5. The molecule has 1 aromatic rings. The van der Waals surface area contributed by atoms with Gasteiger partial charge in [-0.3, -0.25) is 4.79 Å². The number of anilines is 1. The molecule has 21 heavy (non-hydrogen) atoms. The van der Waals surface area contributed by atoms with Gasteiger partial charge in [0.25, 0.3) is 0 Å². The van der Waals surface area contributed by atoms with E-state index in [9.17, 15) is 18.0 Å². The summed E-state index contributed by atoms with van der Waals surface area (Å²) >= 11 is 5.78. The van der Waals surface area contributed by atoms with E-state index in [2.05, 4.69) is 5.32 Å². The number of amides is 1. The number of carbonyl (C=O) groups is 1. The number of hydrogen-bond acceptors (Lipinski definition) is 3. The highest BCUT2D eigenvalue weighted by molar-refractivity contribution is 6.33. The first kappa shape index (κ1) is 16.1. The number of nitrogens with two attached hydrogens (primary N) is 1. The number of carbonyl (C=O) groups excluding carboxylic acids is 1. The zero-order valence-corrected chi connectivity index (χ0v) is 11.7. The number of hydrogen-bond donors (Lipinski definition) is 2. The fourth-order valence-electron chi connectivity index (χ4n) is 2.00. The van der Waals surface area contributed by atoms with E-state index in [0.29, 0.717) is 26.1 Å². The highest BCUT2D eigenvalue weighted by Gasteiger charge is 2.36.